The topological polar surface area (TPSA) is 49.6 Å². The van der Waals surface area contributed by atoms with Crippen LogP contribution >= 0.6 is 12.2 Å². The molecule has 2 N–H and O–H groups in total. The zero-order valence-electron chi connectivity index (χ0n) is 14.2. The average Bonchev–Trinajstić information content (AvgIpc) is 2.79. The first-order chi connectivity index (χ1) is 9.80. The van der Waals surface area contributed by atoms with E-state index < -0.39 is 5.41 Å². The molecule has 1 rings (SSSR count). The number of nitrogens with zero attached hydrogens (tertiary/aromatic N) is 2. The molecular formula is C16H31N3OS. The molecule has 1 saturated heterocycles. The minimum absolute atomic E-state index is 0.148. The lowest BCUT2D eigenvalue weighted by atomic mass is 9.77. The fourth-order valence-corrected chi connectivity index (χ4v) is 3.93. The Morgan fingerprint density at radius 1 is 1.29 bits per heavy atom. The SMILES string of the molecule is CCCC(CCC)(C(=O)N1CC(C)C(N(C)C)C1)C(N)=S. The van der Waals surface area contributed by atoms with E-state index in [1.165, 1.54) is 0 Å². The second-order valence-corrected chi connectivity index (χ2v) is 7.10. The van der Waals surface area contributed by atoms with E-state index in [1.807, 2.05) is 4.90 Å². The zero-order chi connectivity index (χ0) is 16.2. The fourth-order valence-electron chi connectivity index (χ4n) is 3.63. The molecule has 1 fully saturated rings. The predicted molar refractivity (Wildman–Crippen MR) is 92.3 cm³/mol. The third kappa shape index (κ3) is 3.75. The summed E-state index contributed by atoms with van der Waals surface area (Å²) in [5, 5.41) is 0. The summed E-state index contributed by atoms with van der Waals surface area (Å²) in [4.78, 5) is 17.7. The molecule has 1 heterocycles. The number of amides is 1. The van der Waals surface area contributed by atoms with Crippen molar-refractivity contribution >= 4 is 23.1 Å². The first-order valence-corrected chi connectivity index (χ1v) is 8.46. The van der Waals surface area contributed by atoms with Crippen LogP contribution < -0.4 is 5.73 Å². The van der Waals surface area contributed by atoms with Gasteiger partial charge in [-0.05, 0) is 32.9 Å². The number of nitrogens with two attached hydrogens (primary N) is 1. The number of carbonyl (C=O) groups is 1. The van der Waals surface area contributed by atoms with Gasteiger partial charge in [-0.1, -0.05) is 45.8 Å². The van der Waals surface area contributed by atoms with Crippen molar-refractivity contribution in [3.8, 4) is 0 Å². The maximum atomic E-state index is 13.1. The fraction of sp³-hybridized carbons (Fsp3) is 0.875. The van der Waals surface area contributed by atoms with Crippen LogP contribution in [0.4, 0.5) is 0 Å². The van der Waals surface area contributed by atoms with Gasteiger partial charge in [0.2, 0.25) is 5.91 Å². The number of likely N-dealkylation sites (tertiary alicyclic amines) is 1. The van der Waals surface area contributed by atoms with Crippen LogP contribution in [0, 0.1) is 11.3 Å². The summed E-state index contributed by atoms with van der Waals surface area (Å²) < 4.78 is 0. The van der Waals surface area contributed by atoms with Crippen LogP contribution in [0.5, 0.6) is 0 Å². The van der Waals surface area contributed by atoms with E-state index >= 15 is 0 Å². The van der Waals surface area contributed by atoms with Gasteiger partial charge in [-0.3, -0.25) is 4.79 Å². The first-order valence-electron chi connectivity index (χ1n) is 8.05. The Kier molecular flexibility index (Phi) is 6.60. The molecule has 0 radical (unpaired) electrons. The maximum Gasteiger partial charge on any atom is 0.235 e. The number of hydrogen-bond acceptors (Lipinski definition) is 3. The van der Waals surface area contributed by atoms with Gasteiger partial charge in [-0.25, -0.2) is 0 Å². The standard InChI is InChI=1S/C16H31N3OS/c1-6-8-16(9-7-2,14(17)21)15(20)19-10-12(3)13(11-19)18(4)5/h12-13H,6-11H2,1-5H3,(H2,17,21). The molecule has 0 aromatic rings. The van der Waals surface area contributed by atoms with Gasteiger partial charge in [0, 0.05) is 19.1 Å². The molecule has 1 aliphatic heterocycles. The highest BCUT2D eigenvalue weighted by molar-refractivity contribution is 7.80. The van der Waals surface area contributed by atoms with Gasteiger partial charge in [0.15, 0.2) is 0 Å². The number of carbonyl (C=O) groups excluding carboxylic acids is 1. The van der Waals surface area contributed by atoms with Crippen molar-refractivity contribution in [1.29, 1.82) is 0 Å². The lowest BCUT2D eigenvalue weighted by molar-refractivity contribution is -0.138. The molecule has 2 atom stereocenters. The van der Waals surface area contributed by atoms with E-state index in [9.17, 15) is 4.79 Å². The lowest BCUT2D eigenvalue weighted by Gasteiger charge is -2.35. The van der Waals surface area contributed by atoms with Crippen LogP contribution in [-0.4, -0.2) is 53.9 Å². The van der Waals surface area contributed by atoms with E-state index in [0.29, 0.717) is 16.9 Å². The minimum atomic E-state index is -0.639. The van der Waals surface area contributed by atoms with Gasteiger partial charge < -0.3 is 15.5 Å². The summed E-state index contributed by atoms with van der Waals surface area (Å²) in [6.45, 7) is 7.97. The second kappa shape index (κ2) is 7.54. The Morgan fingerprint density at radius 3 is 2.14 bits per heavy atom. The largest absolute Gasteiger partial charge is 0.392 e. The molecule has 5 heteroatoms. The van der Waals surface area contributed by atoms with E-state index in [2.05, 4.69) is 39.8 Å². The van der Waals surface area contributed by atoms with Gasteiger partial charge >= 0.3 is 0 Å². The number of hydrogen-bond donors (Lipinski definition) is 1. The molecule has 0 spiro atoms. The molecule has 4 nitrogen and oxygen atoms in total. The Balaban J connectivity index is 2.99. The molecule has 122 valence electrons. The van der Waals surface area contributed by atoms with E-state index in [0.717, 1.165) is 38.8 Å². The van der Waals surface area contributed by atoms with Crippen molar-refractivity contribution in [2.24, 2.45) is 17.1 Å². The van der Waals surface area contributed by atoms with Crippen molar-refractivity contribution in [1.82, 2.24) is 9.80 Å². The molecule has 1 aliphatic rings. The summed E-state index contributed by atoms with van der Waals surface area (Å²) in [5.41, 5.74) is 5.38. The van der Waals surface area contributed by atoms with Crippen LogP contribution in [-0.2, 0) is 4.79 Å². The molecule has 0 bridgehead atoms. The molecule has 0 aromatic heterocycles. The number of thiocarbonyl (C=S) groups is 1. The number of rotatable bonds is 7. The van der Waals surface area contributed by atoms with E-state index in [-0.39, 0.29) is 5.91 Å². The minimum Gasteiger partial charge on any atom is -0.392 e. The van der Waals surface area contributed by atoms with Crippen LogP contribution in [0.2, 0.25) is 0 Å². The first kappa shape index (κ1) is 18.4. The lowest BCUT2D eigenvalue weighted by Crippen LogP contribution is -2.50. The van der Waals surface area contributed by atoms with Crippen molar-refractivity contribution in [2.45, 2.75) is 52.5 Å². The highest BCUT2D eigenvalue weighted by Gasteiger charge is 2.45. The average molecular weight is 314 g/mol. The van der Waals surface area contributed by atoms with E-state index in [4.69, 9.17) is 18.0 Å². The Bertz CT molecular complexity index is 378. The van der Waals surface area contributed by atoms with Gasteiger partial charge in [0.05, 0.1) is 10.4 Å². The highest BCUT2D eigenvalue weighted by Crippen LogP contribution is 2.35. The van der Waals surface area contributed by atoms with Crippen LogP contribution in [0.3, 0.4) is 0 Å². The van der Waals surface area contributed by atoms with E-state index in [1.54, 1.807) is 0 Å². The zero-order valence-corrected chi connectivity index (χ0v) is 15.0. The highest BCUT2D eigenvalue weighted by atomic mass is 32.1. The monoisotopic (exact) mass is 313 g/mol. The molecule has 0 aliphatic carbocycles. The van der Waals surface area contributed by atoms with Crippen LogP contribution in [0.25, 0.3) is 0 Å². The summed E-state index contributed by atoms with van der Waals surface area (Å²) in [6.07, 6.45) is 3.35. The maximum absolute atomic E-state index is 13.1. The molecule has 0 aromatic carbocycles. The molecule has 1 amide bonds. The normalized spacial score (nSPS) is 22.9. The molecule has 0 saturated carbocycles. The molecule has 21 heavy (non-hydrogen) atoms. The smallest absolute Gasteiger partial charge is 0.235 e. The quantitative estimate of drug-likeness (QED) is 0.733. The summed E-state index contributed by atoms with van der Waals surface area (Å²) in [7, 11) is 4.15. The Hall–Kier alpha value is -0.680. The van der Waals surface area contributed by atoms with Crippen molar-refractivity contribution in [3.05, 3.63) is 0 Å². The summed E-state index contributed by atoms with van der Waals surface area (Å²) in [6, 6.07) is 0.418. The van der Waals surface area contributed by atoms with Crippen molar-refractivity contribution in [2.75, 3.05) is 27.2 Å². The summed E-state index contributed by atoms with van der Waals surface area (Å²) >= 11 is 5.30. The molecule has 2 unspecified atom stereocenters. The van der Waals surface area contributed by atoms with Gasteiger partial charge in [0.1, 0.15) is 0 Å². The van der Waals surface area contributed by atoms with Crippen LogP contribution in [0.1, 0.15) is 46.5 Å². The van der Waals surface area contributed by atoms with Gasteiger partial charge in [-0.15, -0.1) is 0 Å². The summed E-state index contributed by atoms with van der Waals surface area (Å²) in [5.74, 6) is 0.631. The van der Waals surface area contributed by atoms with Crippen LogP contribution in [0.15, 0.2) is 0 Å². The van der Waals surface area contributed by atoms with Crippen molar-refractivity contribution < 1.29 is 4.79 Å². The van der Waals surface area contributed by atoms with Gasteiger partial charge in [0.25, 0.3) is 0 Å². The van der Waals surface area contributed by atoms with Gasteiger partial charge in [-0.2, -0.15) is 0 Å². The Labute approximate surface area is 135 Å². The third-order valence-corrected chi connectivity index (χ3v) is 5.15. The third-order valence-electron chi connectivity index (χ3n) is 4.76. The molecular weight excluding hydrogens is 282 g/mol. The number of likely N-dealkylation sites (N-methyl/N-ethyl adjacent to an activating group) is 1. The Morgan fingerprint density at radius 2 is 1.81 bits per heavy atom. The second-order valence-electron chi connectivity index (χ2n) is 6.66. The predicted octanol–water partition coefficient (Wildman–Crippen LogP) is 2.27. The van der Waals surface area contributed by atoms with Crippen molar-refractivity contribution in [3.63, 3.8) is 0 Å².